The van der Waals surface area contributed by atoms with Crippen LogP contribution in [-0.2, 0) is 14.3 Å². The Kier molecular flexibility index (Phi) is 8.43. The van der Waals surface area contributed by atoms with Crippen molar-refractivity contribution in [1.29, 1.82) is 0 Å². The van der Waals surface area contributed by atoms with Crippen molar-refractivity contribution in [2.24, 2.45) is 0 Å². The number of esters is 1. The summed E-state index contributed by atoms with van der Waals surface area (Å²) in [5.41, 5.74) is 1.02. The van der Waals surface area contributed by atoms with Gasteiger partial charge in [-0.3, -0.25) is 10.1 Å². The summed E-state index contributed by atoms with van der Waals surface area (Å²) in [6, 6.07) is 12.9. The van der Waals surface area contributed by atoms with Gasteiger partial charge in [-0.05, 0) is 31.2 Å². The Morgan fingerprint density at radius 2 is 1.77 bits per heavy atom. The molecule has 0 saturated carbocycles. The number of urea groups is 1. The molecule has 0 unspecified atom stereocenters. The van der Waals surface area contributed by atoms with E-state index in [2.05, 4.69) is 10.6 Å². The zero-order valence-electron chi connectivity index (χ0n) is 17.0. The molecule has 0 aliphatic heterocycles. The molecule has 2 N–H and O–H groups in total. The number of hydrogen-bond donors (Lipinski definition) is 2. The van der Waals surface area contributed by atoms with E-state index in [-0.39, 0.29) is 0 Å². The number of nitrogens with one attached hydrogen (secondary N) is 2. The number of ether oxygens (including phenoxy) is 3. The summed E-state index contributed by atoms with van der Waals surface area (Å²) in [5.74, 6) is -0.395. The molecule has 0 aromatic heterocycles. The zero-order chi connectivity index (χ0) is 21.9. The summed E-state index contributed by atoms with van der Waals surface area (Å²) in [4.78, 5) is 36.6. The molecule has 0 radical (unpaired) electrons. The summed E-state index contributed by atoms with van der Waals surface area (Å²) in [6.45, 7) is 2.07. The molecule has 0 saturated heterocycles. The highest BCUT2D eigenvalue weighted by molar-refractivity contribution is 5.98. The highest BCUT2D eigenvalue weighted by Gasteiger charge is 2.25. The Morgan fingerprint density at radius 3 is 2.40 bits per heavy atom. The fourth-order valence-corrected chi connectivity index (χ4v) is 2.57. The lowest BCUT2D eigenvalue weighted by Gasteiger charge is -2.17. The molecule has 30 heavy (non-hydrogen) atoms. The highest BCUT2D eigenvalue weighted by atomic mass is 16.5. The number of amides is 3. The third-order valence-electron chi connectivity index (χ3n) is 3.98. The van der Waals surface area contributed by atoms with Crippen LogP contribution in [0.15, 0.2) is 54.6 Å². The third-order valence-corrected chi connectivity index (χ3v) is 3.98. The Balaban J connectivity index is 2.19. The number of rotatable bonds is 8. The van der Waals surface area contributed by atoms with Crippen LogP contribution in [0.5, 0.6) is 11.5 Å². The largest absolute Gasteiger partial charge is 0.497 e. The van der Waals surface area contributed by atoms with Crippen LogP contribution in [0.4, 0.5) is 4.79 Å². The van der Waals surface area contributed by atoms with E-state index >= 15 is 0 Å². The van der Waals surface area contributed by atoms with Gasteiger partial charge in [-0.15, -0.1) is 0 Å². The number of hydrogen-bond acceptors (Lipinski definition) is 6. The minimum atomic E-state index is -1.29. The van der Waals surface area contributed by atoms with Crippen molar-refractivity contribution in [2.45, 2.75) is 13.0 Å². The average Bonchev–Trinajstić information content (AvgIpc) is 2.76. The monoisotopic (exact) mass is 412 g/mol. The Labute approximate surface area is 174 Å². The van der Waals surface area contributed by atoms with Crippen molar-refractivity contribution in [2.75, 3.05) is 20.8 Å². The molecule has 8 nitrogen and oxygen atoms in total. The Morgan fingerprint density at radius 1 is 1.03 bits per heavy atom. The number of imide groups is 1. The van der Waals surface area contributed by atoms with E-state index in [1.807, 2.05) is 0 Å². The van der Waals surface area contributed by atoms with Crippen molar-refractivity contribution < 1.29 is 28.6 Å². The van der Waals surface area contributed by atoms with Crippen molar-refractivity contribution in [1.82, 2.24) is 10.6 Å². The number of benzene rings is 2. The summed E-state index contributed by atoms with van der Waals surface area (Å²) in [6.07, 6.45) is 1.37. The first-order valence-corrected chi connectivity index (χ1v) is 9.22. The molecule has 2 aromatic rings. The lowest BCUT2D eigenvalue weighted by atomic mass is 10.1. The minimum absolute atomic E-state index is 0.347. The molecular formula is C22H24N2O6. The summed E-state index contributed by atoms with van der Waals surface area (Å²) >= 11 is 0. The molecule has 0 bridgehead atoms. The standard InChI is InChI=1S/C22H24N2O6/c1-4-23-22(27)24-21(26)20(15-8-6-5-7-9-15)30-19(25)13-10-16-14-17(28-2)11-12-18(16)29-3/h5-14,20H,4H2,1-3H3,(H2,23,24,26,27)/b13-10+/t20-/m0/s1. The van der Waals surface area contributed by atoms with Crippen molar-refractivity contribution in [3.63, 3.8) is 0 Å². The van der Waals surface area contributed by atoms with Gasteiger partial charge in [-0.2, -0.15) is 0 Å². The maximum Gasteiger partial charge on any atom is 0.331 e. The second-order valence-corrected chi connectivity index (χ2v) is 6.02. The Bertz CT molecular complexity index is 911. The lowest BCUT2D eigenvalue weighted by molar-refractivity contribution is -0.151. The normalized spacial score (nSPS) is 11.4. The number of methoxy groups -OCH3 is 2. The molecule has 0 heterocycles. The minimum Gasteiger partial charge on any atom is -0.497 e. The van der Waals surface area contributed by atoms with Gasteiger partial charge >= 0.3 is 12.0 Å². The zero-order valence-corrected chi connectivity index (χ0v) is 17.0. The van der Waals surface area contributed by atoms with Crippen molar-refractivity contribution >= 4 is 24.0 Å². The van der Waals surface area contributed by atoms with E-state index in [4.69, 9.17) is 14.2 Å². The quantitative estimate of drug-likeness (QED) is 0.511. The van der Waals surface area contributed by atoms with Crippen LogP contribution in [-0.4, -0.2) is 38.7 Å². The summed E-state index contributed by atoms with van der Waals surface area (Å²) in [7, 11) is 3.04. The van der Waals surface area contributed by atoms with Crippen LogP contribution in [0.1, 0.15) is 24.2 Å². The lowest BCUT2D eigenvalue weighted by Crippen LogP contribution is -2.42. The molecule has 0 aliphatic carbocycles. The molecule has 1 atom stereocenters. The van der Waals surface area contributed by atoms with Gasteiger partial charge in [-0.1, -0.05) is 30.3 Å². The SMILES string of the molecule is CCNC(=O)NC(=O)[C@@H](OC(=O)/C=C/c1cc(OC)ccc1OC)c1ccccc1. The van der Waals surface area contributed by atoms with Crippen LogP contribution in [0.25, 0.3) is 6.08 Å². The molecular weight excluding hydrogens is 388 g/mol. The molecule has 3 amide bonds. The third kappa shape index (κ3) is 6.37. The first kappa shape index (κ1) is 22.5. The van der Waals surface area contributed by atoms with E-state index in [1.54, 1.807) is 55.5 Å². The summed E-state index contributed by atoms with van der Waals surface area (Å²) in [5, 5.41) is 4.62. The number of carbonyl (C=O) groups is 3. The average molecular weight is 412 g/mol. The smallest absolute Gasteiger partial charge is 0.331 e. The second-order valence-electron chi connectivity index (χ2n) is 6.02. The first-order chi connectivity index (χ1) is 14.5. The predicted octanol–water partition coefficient (Wildman–Crippen LogP) is 2.85. The van der Waals surface area contributed by atoms with Crippen LogP contribution < -0.4 is 20.1 Å². The van der Waals surface area contributed by atoms with Gasteiger partial charge in [0.2, 0.25) is 6.10 Å². The molecule has 0 spiro atoms. The fourth-order valence-electron chi connectivity index (χ4n) is 2.57. The van der Waals surface area contributed by atoms with Crippen LogP contribution in [0.2, 0.25) is 0 Å². The van der Waals surface area contributed by atoms with Crippen LogP contribution >= 0.6 is 0 Å². The van der Waals surface area contributed by atoms with Gasteiger partial charge in [-0.25, -0.2) is 9.59 Å². The molecule has 2 rings (SSSR count). The van der Waals surface area contributed by atoms with Crippen LogP contribution in [0, 0.1) is 0 Å². The van der Waals surface area contributed by atoms with E-state index in [9.17, 15) is 14.4 Å². The second kappa shape index (κ2) is 11.3. The first-order valence-electron chi connectivity index (χ1n) is 9.22. The molecule has 0 aliphatic rings. The maximum absolute atomic E-state index is 12.5. The molecule has 158 valence electrons. The van der Waals surface area contributed by atoms with Gasteiger partial charge < -0.3 is 19.5 Å². The fraction of sp³-hybridized carbons (Fsp3) is 0.227. The van der Waals surface area contributed by atoms with Gasteiger partial charge in [0, 0.05) is 23.7 Å². The van der Waals surface area contributed by atoms with Crippen LogP contribution in [0.3, 0.4) is 0 Å². The highest BCUT2D eigenvalue weighted by Crippen LogP contribution is 2.25. The Hall–Kier alpha value is -3.81. The van der Waals surface area contributed by atoms with Gasteiger partial charge in [0.25, 0.3) is 5.91 Å². The summed E-state index contributed by atoms with van der Waals surface area (Å²) < 4.78 is 15.8. The predicted molar refractivity (Wildman–Crippen MR) is 111 cm³/mol. The maximum atomic E-state index is 12.5. The topological polar surface area (TPSA) is 103 Å². The van der Waals surface area contributed by atoms with E-state index in [0.29, 0.717) is 29.2 Å². The van der Waals surface area contributed by atoms with Crippen molar-refractivity contribution in [3.8, 4) is 11.5 Å². The number of carbonyl (C=O) groups excluding carboxylic acids is 3. The molecule has 0 fully saturated rings. The van der Waals surface area contributed by atoms with E-state index in [1.165, 1.54) is 26.4 Å². The van der Waals surface area contributed by atoms with Gasteiger partial charge in [0.15, 0.2) is 0 Å². The van der Waals surface area contributed by atoms with E-state index < -0.39 is 24.0 Å². The van der Waals surface area contributed by atoms with Gasteiger partial charge in [0.05, 0.1) is 14.2 Å². The van der Waals surface area contributed by atoms with Gasteiger partial charge in [0.1, 0.15) is 11.5 Å². The molecule has 8 heteroatoms. The molecule has 2 aromatic carbocycles. The van der Waals surface area contributed by atoms with Crippen molar-refractivity contribution in [3.05, 3.63) is 65.7 Å². The van der Waals surface area contributed by atoms with E-state index in [0.717, 1.165) is 0 Å².